The van der Waals surface area contributed by atoms with Crippen molar-refractivity contribution in [3.05, 3.63) is 58.9 Å². The molecule has 1 aromatic heterocycles. The van der Waals surface area contributed by atoms with E-state index < -0.39 is 16.7 Å². The summed E-state index contributed by atoms with van der Waals surface area (Å²) in [6.45, 7) is 2.22. The van der Waals surface area contributed by atoms with Crippen LogP contribution < -0.4 is 15.5 Å². The molecule has 2 aromatic rings. The Morgan fingerprint density at radius 3 is 2.32 bits per heavy atom. The van der Waals surface area contributed by atoms with Crippen LogP contribution in [0.5, 0.6) is 0 Å². The van der Waals surface area contributed by atoms with Crippen molar-refractivity contribution in [1.29, 1.82) is 0 Å². The van der Waals surface area contributed by atoms with Crippen LogP contribution >= 0.6 is 0 Å². The van der Waals surface area contributed by atoms with Gasteiger partial charge in [-0.25, -0.2) is 0 Å². The Morgan fingerprint density at radius 1 is 1.07 bits per heavy atom. The fraction of sp³-hybridized carbons (Fsp3) is 0.316. The first kappa shape index (κ1) is 19.3. The lowest BCUT2D eigenvalue weighted by Gasteiger charge is -2.33. The summed E-state index contributed by atoms with van der Waals surface area (Å²) in [4.78, 5) is 40.4. The van der Waals surface area contributed by atoms with E-state index in [1.54, 1.807) is 12.4 Å². The highest BCUT2D eigenvalue weighted by molar-refractivity contribution is 6.39. The lowest BCUT2D eigenvalue weighted by molar-refractivity contribution is -0.384. The fourth-order valence-electron chi connectivity index (χ4n) is 3.12. The minimum Gasteiger partial charge on any atom is -0.371 e. The van der Waals surface area contributed by atoms with E-state index in [2.05, 4.69) is 20.5 Å². The zero-order valence-electron chi connectivity index (χ0n) is 15.2. The number of carbonyl (C=O) groups is 2. The third-order valence-corrected chi connectivity index (χ3v) is 4.74. The molecule has 0 atom stereocenters. The van der Waals surface area contributed by atoms with E-state index in [0.29, 0.717) is 18.2 Å². The second-order valence-corrected chi connectivity index (χ2v) is 6.60. The van der Waals surface area contributed by atoms with Crippen molar-refractivity contribution in [2.24, 2.45) is 5.92 Å². The number of piperidine rings is 1. The number of anilines is 2. The van der Waals surface area contributed by atoms with Crippen molar-refractivity contribution in [1.82, 2.24) is 10.3 Å². The van der Waals surface area contributed by atoms with Crippen molar-refractivity contribution in [2.45, 2.75) is 12.8 Å². The number of rotatable bonds is 5. The highest BCUT2D eigenvalue weighted by Crippen LogP contribution is 2.22. The Balaban J connectivity index is 1.41. The van der Waals surface area contributed by atoms with Gasteiger partial charge in [0.1, 0.15) is 0 Å². The molecule has 9 nitrogen and oxygen atoms in total. The average molecular weight is 383 g/mol. The predicted molar refractivity (Wildman–Crippen MR) is 104 cm³/mol. The summed E-state index contributed by atoms with van der Waals surface area (Å²) in [7, 11) is 0. The summed E-state index contributed by atoms with van der Waals surface area (Å²) in [5.74, 6) is -1.19. The van der Waals surface area contributed by atoms with Gasteiger partial charge in [0, 0.05) is 55.5 Å². The van der Waals surface area contributed by atoms with Crippen LogP contribution in [0.25, 0.3) is 0 Å². The first-order chi connectivity index (χ1) is 13.5. The first-order valence-electron chi connectivity index (χ1n) is 9.01. The van der Waals surface area contributed by atoms with E-state index in [4.69, 9.17) is 0 Å². The van der Waals surface area contributed by atoms with Gasteiger partial charge < -0.3 is 15.5 Å². The molecular formula is C19H21N5O4. The number of carbonyl (C=O) groups excluding carboxylic acids is 2. The van der Waals surface area contributed by atoms with Crippen LogP contribution in [0.1, 0.15) is 12.8 Å². The van der Waals surface area contributed by atoms with Crippen LogP contribution in [0.15, 0.2) is 48.8 Å². The summed E-state index contributed by atoms with van der Waals surface area (Å²) < 4.78 is 0. The summed E-state index contributed by atoms with van der Waals surface area (Å²) >= 11 is 0. The summed E-state index contributed by atoms with van der Waals surface area (Å²) in [5, 5.41) is 15.7. The van der Waals surface area contributed by atoms with Gasteiger partial charge in [-0.05, 0) is 43.0 Å². The Morgan fingerprint density at radius 2 is 1.71 bits per heavy atom. The zero-order chi connectivity index (χ0) is 19.9. The quantitative estimate of drug-likeness (QED) is 0.463. The van der Waals surface area contributed by atoms with Crippen LogP contribution in [-0.2, 0) is 9.59 Å². The molecule has 2 N–H and O–H groups in total. The van der Waals surface area contributed by atoms with Gasteiger partial charge in [0.2, 0.25) is 0 Å². The minimum atomic E-state index is -0.789. The van der Waals surface area contributed by atoms with Gasteiger partial charge in [-0.2, -0.15) is 0 Å². The number of nitro groups is 1. The molecule has 2 heterocycles. The van der Waals surface area contributed by atoms with Crippen molar-refractivity contribution in [2.75, 3.05) is 29.9 Å². The molecule has 1 aliphatic heterocycles. The molecular weight excluding hydrogens is 362 g/mol. The summed E-state index contributed by atoms with van der Waals surface area (Å²) in [6.07, 6.45) is 5.38. The average Bonchev–Trinajstić information content (AvgIpc) is 2.73. The van der Waals surface area contributed by atoms with E-state index in [-0.39, 0.29) is 5.69 Å². The van der Waals surface area contributed by atoms with Gasteiger partial charge >= 0.3 is 11.8 Å². The molecule has 1 fully saturated rings. The van der Waals surface area contributed by atoms with E-state index in [9.17, 15) is 19.7 Å². The SMILES string of the molecule is O=C(NCC1CCN(c2ccncc2)CC1)C(=O)Nc1ccc([N+](=O)[O-])cc1. The number of non-ortho nitro benzene ring substituents is 1. The molecule has 0 unspecified atom stereocenters. The number of hydrogen-bond acceptors (Lipinski definition) is 6. The standard InChI is InChI=1S/C19H21N5O4/c25-18(19(26)22-15-1-3-17(4-2-15)24(27)28)21-13-14-7-11-23(12-8-14)16-5-9-20-10-6-16/h1-6,9-10,14H,7-8,11-13H2,(H,21,25)(H,22,26). The van der Waals surface area contributed by atoms with Gasteiger partial charge in [-0.3, -0.25) is 24.7 Å². The maximum atomic E-state index is 12.0. The number of amides is 2. The number of nitrogens with zero attached hydrogens (tertiary/aromatic N) is 3. The molecule has 1 aliphatic rings. The van der Waals surface area contributed by atoms with Crippen molar-refractivity contribution < 1.29 is 14.5 Å². The molecule has 1 saturated heterocycles. The van der Waals surface area contributed by atoms with Gasteiger partial charge in [-0.15, -0.1) is 0 Å². The van der Waals surface area contributed by atoms with E-state index >= 15 is 0 Å². The normalized spacial score (nSPS) is 14.4. The third-order valence-electron chi connectivity index (χ3n) is 4.74. The number of benzene rings is 1. The van der Waals surface area contributed by atoms with Crippen LogP contribution in [0.2, 0.25) is 0 Å². The van der Waals surface area contributed by atoms with Gasteiger partial charge in [0.05, 0.1) is 4.92 Å². The second kappa shape index (κ2) is 8.94. The molecule has 0 radical (unpaired) electrons. The van der Waals surface area contributed by atoms with E-state index in [1.165, 1.54) is 24.3 Å². The Kier molecular flexibility index (Phi) is 6.15. The van der Waals surface area contributed by atoms with Crippen molar-refractivity contribution >= 4 is 28.9 Å². The Labute approximate surface area is 161 Å². The molecule has 2 amide bonds. The molecule has 0 aliphatic carbocycles. The first-order valence-corrected chi connectivity index (χ1v) is 9.01. The maximum absolute atomic E-state index is 12.0. The topological polar surface area (TPSA) is 117 Å². The van der Waals surface area contributed by atoms with E-state index in [1.807, 2.05) is 12.1 Å². The van der Waals surface area contributed by atoms with E-state index in [0.717, 1.165) is 31.6 Å². The fourth-order valence-corrected chi connectivity index (χ4v) is 3.12. The largest absolute Gasteiger partial charge is 0.371 e. The number of hydrogen-bond donors (Lipinski definition) is 2. The predicted octanol–water partition coefficient (Wildman–Crippen LogP) is 1.96. The van der Waals surface area contributed by atoms with Gasteiger partial charge in [0.15, 0.2) is 0 Å². The van der Waals surface area contributed by atoms with Gasteiger partial charge in [-0.1, -0.05) is 0 Å². The lowest BCUT2D eigenvalue weighted by Crippen LogP contribution is -2.41. The Hall–Kier alpha value is -3.49. The highest BCUT2D eigenvalue weighted by Gasteiger charge is 2.21. The molecule has 0 saturated carbocycles. The van der Waals surface area contributed by atoms with Crippen LogP contribution in [0.3, 0.4) is 0 Å². The zero-order valence-corrected chi connectivity index (χ0v) is 15.2. The molecule has 9 heteroatoms. The third kappa shape index (κ3) is 5.03. The number of nitrogens with one attached hydrogen (secondary N) is 2. The monoisotopic (exact) mass is 383 g/mol. The van der Waals surface area contributed by atoms with Crippen molar-refractivity contribution in [3.63, 3.8) is 0 Å². The maximum Gasteiger partial charge on any atom is 0.313 e. The lowest BCUT2D eigenvalue weighted by atomic mass is 9.96. The summed E-state index contributed by atoms with van der Waals surface area (Å²) in [6, 6.07) is 9.26. The van der Waals surface area contributed by atoms with Crippen LogP contribution in [0, 0.1) is 16.0 Å². The Bertz CT molecular complexity index is 833. The number of nitro benzene ring substituents is 1. The minimum absolute atomic E-state index is 0.0828. The van der Waals surface area contributed by atoms with Gasteiger partial charge in [0.25, 0.3) is 5.69 Å². The smallest absolute Gasteiger partial charge is 0.313 e. The summed E-state index contributed by atoms with van der Waals surface area (Å²) in [5.41, 5.74) is 1.39. The van der Waals surface area contributed by atoms with Crippen molar-refractivity contribution in [3.8, 4) is 0 Å². The second-order valence-electron chi connectivity index (χ2n) is 6.60. The highest BCUT2D eigenvalue weighted by atomic mass is 16.6. The number of aromatic nitrogens is 1. The molecule has 0 spiro atoms. The molecule has 3 rings (SSSR count). The van der Waals surface area contributed by atoms with Crippen LogP contribution in [-0.4, -0.2) is 41.4 Å². The van der Waals surface area contributed by atoms with Crippen LogP contribution in [0.4, 0.5) is 17.1 Å². The number of pyridine rings is 1. The molecule has 146 valence electrons. The molecule has 1 aromatic carbocycles. The molecule has 0 bridgehead atoms. The molecule has 28 heavy (non-hydrogen) atoms.